The van der Waals surface area contributed by atoms with E-state index in [1.165, 1.54) is 0 Å². The molecule has 3 fully saturated rings. The van der Waals surface area contributed by atoms with Crippen LogP contribution < -0.4 is 0 Å². The third-order valence-corrected chi connectivity index (χ3v) is 6.89. The minimum Gasteiger partial charge on any atom is -0.457 e. The van der Waals surface area contributed by atoms with E-state index in [1.807, 2.05) is 20.8 Å². The fraction of sp³-hybridized carbons (Fsp3) is 0.778. The Morgan fingerprint density at radius 2 is 2.04 bits per heavy atom. The lowest BCUT2D eigenvalue weighted by molar-refractivity contribution is -0.199. The van der Waals surface area contributed by atoms with Crippen molar-refractivity contribution >= 4 is 11.9 Å². The monoisotopic (exact) mass is 320 g/mol. The van der Waals surface area contributed by atoms with Crippen molar-refractivity contribution in [3.63, 3.8) is 0 Å². The molecule has 4 rings (SSSR count). The van der Waals surface area contributed by atoms with Crippen LogP contribution in [-0.2, 0) is 23.8 Å². The molecule has 0 spiro atoms. The number of carbonyl (C=O) groups excluding carboxylic acids is 2. The Hall–Kier alpha value is -1.36. The van der Waals surface area contributed by atoms with E-state index in [9.17, 15) is 9.59 Å². The molecule has 2 saturated heterocycles. The summed E-state index contributed by atoms with van der Waals surface area (Å²) >= 11 is 0. The van der Waals surface area contributed by atoms with Crippen molar-refractivity contribution in [1.29, 1.82) is 0 Å². The van der Waals surface area contributed by atoms with Crippen LogP contribution in [0, 0.1) is 10.8 Å². The number of esters is 2. The summed E-state index contributed by atoms with van der Waals surface area (Å²) in [6, 6.07) is 0. The highest BCUT2D eigenvalue weighted by atomic mass is 16.6. The number of hydrogen-bond donors (Lipinski definition) is 0. The van der Waals surface area contributed by atoms with Crippen LogP contribution in [0.15, 0.2) is 12.2 Å². The van der Waals surface area contributed by atoms with Gasteiger partial charge in [-0.15, -0.1) is 0 Å². The molecular weight excluding hydrogens is 296 g/mol. The average Bonchev–Trinajstić information content (AvgIpc) is 2.81. The highest BCUT2D eigenvalue weighted by molar-refractivity contribution is 5.93. The quantitative estimate of drug-likeness (QED) is 0.578. The molecule has 126 valence electrons. The molecule has 0 N–H and O–H groups in total. The fourth-order valence-electron chi connectivity index (χ4n) is 4.68. The summed E-state index contributed by atoms with van der Waals surface area (Å²) in [7, 11) is 0. The molecule has 3 heterocycles. The number of carbonyl (C=O) groups is 2. The summed E-state index contributed by atoms with van der Waals surface area (Å²) in [5, 5.41) is 0. The second-order valence-electron chi connectivity index (χ2n) is 8.07. The fourth-order valence-corrected chi connectivity index (χ4v) is 4.68. The maximum atomic E-state index is 13.0. The summed E-state index contributed by atoms with van der Waals surface area (Å²) < 4.78 is 17.3. The predicted octanol–water partition coefficient (Wildman–Crippen LogP) is 2.53. The van der Waals surface area contributed by atoms with E-state index in [4.69, 9.17) is 14.2 Å². The zero-order valence-corrected chi connectivity index (χ0v) is 14.0. The summed E-state index contributed by atoms with van der Waals surface area (Å²) in [4.78, 5) is 25.3. The van der Waals surface area contributed by atoms with Crippen molar-refractivity contribution in [2.24, 2.45) is 10.8 Å². The van der Waals surface area contributed by atoms with E-state index in [-0.39, 0.29) is 24.3 Å². The summed E-state index contributed by atoms with van der Waals surface area (Å²) in [5.41, 5.74) is -2.30. The van der Waals surface area contributed by atoms with Crippen LogP contribution in [0.5, 0.6) is 0 Å². The molecule has 5 unspecified atom stereocenters. The standard InChI is InChI=1S/C18H24O5/c1-16(2)17(3)9-10-18(16,23-14(17)19)15(20)22-13-8-7-11-5-4-6-12(13)21-11/h4-5,11-13H,6-10H2,1-3H3. The molecule has 1 saturated carbocycles. The summed E-state index contributed by atoms with van der Waals surface area (Å²) in [5.74, 6) is -0.662. The third kappa shape index (κ3) is 1.77. The van der Waals surface area contributed by atoms with E-state index in [1.54, 1.807) is 0 Å². The SMILES string of the molecule is CC12CCC(C(=O)OC3CCC4C=CCC3O4)(OC1=O)C2(C)C. The number of fused-ring (bicyclic) bond motifs is 4. The molecule has 4 aliphatic rings. The predicted molar refractivity (Wildman–Crippen MR) is 81.5 cm³/mol. The highest BCUT2D eigenvalue weighted by Gasteiger charge is 2.76. The van der Waals surface area contributed by atoms with E-state index < -0.39 is 22.4 Å². The molecular formula is C18H24O5. The largest absolute Gasteiger partial charge is 0.457 e. The Morgan fingerprint density at radius 3 is 2.70 bits per heavy atom. The van der Waals surface area contributed by atoms with E-state index in [0.29, 0.717) is 12.8 Å². The molecule has 4 bridgehead atoms. The van der Waals surface area contributed by atoms with Crippen LogP contribution in [0.4, 0.5) is 0 Å². The van der Waals surface area contributed by atoms with Gasteiger partial charge in [-0.05, 0) is 39.0 Å². The highest BCUT2D eigenvalue weighted by Crippen LogP contribution is 2.65. The van der Waals surface area contributed by atoms with E-state index in [2.05, 4.69) is 12.2 Å². The lowest BCUT2D eigenvalue weighted by atomic mass is 9.66. The number of rotatable bonds is 2. The molecule has 0 amide bonds. The minimum atomic E-state index is -1.14. The van der Waals surface area contributed by atoms with Gasteiger partial charge in [0.25, 0.3) is 0 Å². The maximum Gasteiger partial charge on any atom is 0.351 e. The van der Waals surface area contributed by atoms with Gasteiger partial charge in [0.15, 0.2) is 0 Å². The molecule has 0 aromatic carbocycles. The molecule has 5 heteroatoms. The first-order chi connectivity index (χ1) is 10.8. The van der Waals surface area contributed by atoms with Crippen molar-refractivity contribution in [1.82, 2.24) is 0 Å². The lowest BCUT2D eigenvalue weighted by Gasteiger charge is -2.40. The van der Waals surface area contributed by atoms with Gasteiger partial charge in [-0.3, -0.25) is 4.79 Å². The summed E-state index contributed by atoms with van der Waals surface area (Å²) in [6.45, 7) is 5.80. The molecule has 0 radical (unpaired) electrons. The van der Waals surface area contributed by atoms with Gasteiger partial charge in [0.05, 0.1) is 17.6 Å². The smallest absolute Gasteiger partial charge is 0.351 e. The first-order valence-electron chi connectivity index (χ1n) is 8.57. The summed E-state index contributed by atoms with van der Waals surface area (Å²) in [6.07, 6.45) is 7.64. The molecule has 1 aliphatic carbocycles. The van der Waals surface area contributed by atoms with Gasteiger partial charge in [0.1, 0.15) is 6.10 Å². The van der Waals surface area contributed by atoms with Gasteiger partial charge in [-0.2, -0.15) is 0 Å². The average molecular weight is 320 g/mol. The Labute approximate surface area is 136 Å². The zero-order valence-electron chi connectivity index (χ0n) is 14.0. The third-order valence-electron chi connectivity index (χ3n) is 6.89. The van der Waals surface area contributed by atoms with Gasteiger partial charge in [-0.25, -0.2) is 4.79 Å². The van der Waals surface area contributed by atoms with Gasteiger partial charge >= 0.3 is 11.9 Å². The minimum absolute atomic E-state index is 0.0768. The van der Waals surface area contributed by atoms with Crippen molar-refractivity contribution in [2.45, 2.75) is 76.8 Å². The number of ether oxygens (including phenoxy) is 3. The lowest BCUT2D eigenvalue weighted by Crippen LogP contribution is -2.52. The van der Waals surface area contributed by atoms with E-state index >= 15 is 0 Å². The normalized spacial score (nSPS) is 46.6. The maximum absolute atomic E-state index is 13.0. The van der Waals surface area contributed by atoms with Gasteiger partial charge in [-0.1, -0.05) is 26.0 Å². The van der Waals surface area contributed by atoms with Crippen molar-refractivity contribution in [3.05, 3.63) is 12.2 Å². The second kappa shape index (κ2) is 4.59. The van der Waals surface area contributed by atoms with Crippen molar-refractivity contribution < 1.29 is 23.8 Å². The van der Waals surface area contributed by atoms with Crippen LogP contribution in [0.25, 0.3) is 0 Å². The van der Waals surface area contributed by atoms with E-state index in [0.717, 1.165) is 19.3 Å². The zero-order chi connectivity index (χ0) is 16.5. The van der Waals surface area contributed by atoms with Crippen LogP contribution >= 0.6 is 0 Å². The molecule has 0 aromatic rings. The van der Waals surface area contributed by atoms with Crippen LogP contribution in [-0.4, -0.2) is 35.9 Å². The molecule has 0 aromatic heterocycles. The topological polar surface area (TPSA) is 61.8 Å². The van der Waals surface area contributed by atoms with Gasteiger partial charge in [0, 0.05) is 5.41 Å². The van der Waals surface area contributed by atoms with Crippen molar-refractivity contribution in [2.75, 3.05) is 0 Å². The van der Waals surface area contributed by atoms with Crippen molar-refractivity contribution in [3.8, 4) is 0 Å². The Balaban J connectivity index is 1.56. The van der Waals surface area contributed by atoms with Crippen LogP contribution in [0.1, 0.15) is 52.9 Å². The van der Waals surface area contributed by atoms with Crippen LogP contribution in [0.3, 0.4) is 0 Å². The van der Waals surface area contributed by atoms with Gasteiger partial charge in [0.2, 0.25) is 5.60 Å². The van der Waals surface area contributed by atoms with Crippen LogP contribution in [0.2, 0.25) is 0 Å². The Kier molecular flexibility index (Phi) is 3.03. The number of hydrogen-bond acceptors (Lipinski definition) is 5. The Bertz CT molecular complexity index is 594. The molecule has 3 aliphatic heterocycles. The molecule has 5 atom stereocenters. The second-order valence-corrected chi connectivity index (χ2v) is 8.07. The first-order valence-corrected chi connectivity index (χ1v) is 8.57. The first kappa shape index (κ1) is 15.2. The molecule has 23 heavy (non-hydrogen) atoms. The Morgan fingerprint density at radius 1 is 1.26 bits per heavy atom. The van der Waals surface area contributed by atoms with Gasteiger partial charge < -0.3 is 14.2 Å². The molecule has 5 nitrogen and oxygen atoms in total.